The average Bonchev–Trinajstić information content (AvgIpc) is 3.17. The first-order chi connectivity index (χ1) is 28.0. The minimum atomic E-state index is -4.34. The molecular weight excluding hydrogens is 744 g/mol. The smallest absolute Gasteiger partial charge is 0.387 e. The second-order valence-corrected chi connectivity index (χ2v) is 19.6. The Morgan fingerprint density at radius 2 is 0.948 bits per heavy atom. The third-order valence-corrected chi connectivity index (χ3v) is 12.2. The summed E-state index contributed by atoms with van der Waals surface area (Å²) in [5.74, 6) is -0.183. The molecular formula is C49H98N2O6P+. The molecule has 0 aromatic rings. The molecule has 0 rings (SSSR count). The summed E-state index contributed by atoms with van der Waals surface area (Å²) in [6, 6.07) is -0.858. The highest BCUT2D eigenvalue weighted by molar-refractivity contribution is 7.47. The van der Waals surface area contributed by atoms with Gasteiger partial charge in [0.25, 0.3) is 0 Å². The van der Waals surface area contributed by atoms with E-state index < -0.39 is 20.0 Å². The number of hydrogen-bond donors (Lipinski definition) is 3. The Morgan fingerprint density at radius 3 is 1.38 bits per heavy atom. The number of phosphoric acid groups is 1. The molecule has 3 N–H and O–H groups in total. The number of phosphoric ester groups is 1. The number of allylic oxidation sites excluding steroid dienone is 3. The van der Waals surface area contributed by atoms with Crippen molar-refractivity contribution in [1.82, 2.24) is 5.32 Å². The summed E-state index contributed by atoms with van der Waals surface area (Å²) < 4.78 is 23.6. The van der Waals surface area contributed by atoms with E-state index in [-0.39, 0.29) is 19.1 Å². The monoisotopic (exact) mass is 842 g/mol. The van der Waals surface area contributed by atoms with Gasteiger partial charge in [-0.1, -0.05) is 218 Å². The number of carbonyl (C=O) groups excluding carboxylic acids is 1. The quantitative estimate of drug-likeness (QED) is 0.0244. The van der Waals surface area contributed by atoms with Crippen LogP contribution in [0.15, 0.2) is 24.3 Å². The number of aliphatic hydroxyl groups is 1. The van der Waals surface area contributed by atoms with Gasteiger partial charge in [0.2, 0.25) is 5.91 Å². The van der Waals surface area contributed by atoms with Crippen LogP contribution >= 0.6 is 7.82 Å². The summed E-state index contributed by atoms with van der Waals surface area (Å²) in [7, 11) is 1.56. The van der Waals surface area contributed by atoms with Gasteiger partial charge in [-0.2, -0.15) is 0 Å². The van der Waals surface area contributed by atoms with Gasteiger partial charge in [-0.25, -0.2) is 4.57 Å². The Labute approximate surface area is 360 Å². The minimum Gasteiger partial charge on any atom is -0.387 e. The van der Waals surface area contributed by atoms with Crippen LogP contribution in [-0.2, 0) is 18.4 Å². The molecule has 58 heavy (non-hydrogen) atoms. The maximum absolute atomic E-state index is 12.9. The summed E-state index contributed by atoms with van der Waals surface area (Å²) in [4.78, 5) is 23.2. The van der Waals surface area contributed by atoms with Crippen LogP contribution in [-0.4, -0.2) is 73.4 Å². The van der Waals surface area contributed by atoms with E-state index in [1.807, 2.05) is 27.2 Å². The predicted octanol–water partition coefficient (Wildman–Crippen LogP) is 14.1. The first kappa shape index (κ1) is 57.0. The fraction of sp³-hybridized carbons (Fsp3) is 0.898. The van der Waals surface area contributed by atoms with Crippen molar-refractivity contribution in [2.24, 2.45) is 0 Å². The molecule has 0 aromatic heterocycles. The zero-order valence-corrected chi connectivity index (χ0v) is 39.9. The van der Waals surface area contributed by atoms with Crippen molar-refractivity contribution in [2.75, 3.05) is 40.9 Å². The van der Waals surface area contributed by atoms with E-state index >= 15 is 0 Å². The molecule has 1 unspecified atom stereocenters. The molecule has 0 aliphatic carbocycles. The van der Waals surface area contributed by atoms with Gasteiger partial charge in [0.05, 0.1) is 39.9 Å². The van der Waals surface area contributed by atoms with Gasteiger partial charge < -0.3 is 19.8 Å². The summed E-state index contributed by atoms with van der Waals surface area (Å²) in [5.41, 5.74) is 0. The van der Waals surface area contributed by atoms with E-state index in [1.165, 1.54) is 173 Å². The molecule has 0 heterocycles. The minimum absolute atomic E-state index is 0.0584. The zero-order chi connectivity index (χ0) is 42.8. The summed E-state index contributed by atoms with van der Waals surface area (Å²) in [6.45, 7) is 4.81. The number of nitrogens with one attached hydrogen (secondary N) is 1. The molecule has 0 spiro atoms. The molecule has 344 valence electrons. The van der Waals surface area contributed by atoms with Gasteiger partial charge in [-0.3, -0.25) is 13.8 Å². The van der Waals surface area contributed by atoms with Crippen LogP contribution in [0.1, 0.15) is 232 Å². The molecule has 8 nitrogen and oxygen atoms in total. The van der Waals surface area contributed by atoms with Crippen LogP contribution < -0.4 is 5.32 Å². The first-order valence-corrected chi connectivity index (χ1v) is 26.2. The van der Waals surface area contributed by atoms with Gasteiger partial charge in [-0.05, 0) is 32.1 Å². The molecule has 1 amide bonds. The largest absolute Gasteiger partial charge is 0.472 e. The number of carbonyl (C=O) groups is 1. The second-order valence-electron chi connectivity index (χ2n) is 18.2. The van der Waals surface area contributed by atoms with E-state index in [1.54, 1.807) is 6.08 Å². The number of nitrogens with zero attached hydrogens (tertiary/aromatic N) is 1. The third kappa shape index (κ3) is 43.1. The Hall–Kier alpha value is -1.02. The van der Waals surface area contributed by atoms with Crippen molar-refractivity contribution in [2.45, 2.75) is 244 Å². The average molecular weight is 842 g/mol. The lowest BCUT2D eigenvalue weighted by molar-refractivity contribution is -0.870. The van der Waals surface area contributed by atoms with Crippen LogP contribution in [0.25, 0.3) is 0 Å². The number of hydrogen-bond acceptors (Lipinski definition) is 5. The Kier molecular flexibility index (Phi) is 40.6. The van der Waals surface area contributed by atoms with Crippen molar-refractivity contribution in [3.63, 3.8) is 0 Å². The molecule has 0 aliphatic heterocycles. The molecule has 0 saturated heterocycles. The molecule has 0 fully saturated rings. The summed E-state index contributed by atoms with van der Waals surface area (Å²) in [5, 5.41) is 13.8. The number of amides is 1. The molecule has 0 saturated carbocycles. The van der Waals surface area contributed by atoms with E-state index in [2.05, 4.69) is 31.3 Å². The Balaban J connectivity index is 4.31. The summed E-state index contributed by atoms with van der Waals surface area (Å²) in [6.07, 6.45) is 49.7. The van der Waals surface area contributed by atoms with Gasteiger partial charge in [0.1, 0.15) is 13.2 Å². The van der Waals surface area contributed by atoms with Gasteiger partial charge >= 0.3 is 7.82 Å². The van der Waals surface area contributed by atoms with Gasteiger partial charge in [0, 0.05) is 6.42 Å². The first-order valence-electron chi connectivity index (χ1n) is 24.7. The van der Waals surface area contributed by atoms with Gasteiger partial charge in [-0.15, -0.1) is 0 Å². The number of aliphatic hydroxyl groups excluding tert-OH is 1. The Bertz CT molecular complexity index is 1000. The van der Waals surface area contributed by atoms with Crippen molar-refractivity contribution in [1.29, 1.82) is 0 Å². The Morgan fingerprint density at radius 1 is 0.569 bits per heavy atom. The number of rotatable bonds is 45. The molecule has 0 bridgehead atoms. The topological polar surface area (TPSA) is 105 Å². The predicted molar refractivity (Wildman–Crippen MR) is 249 cm³/mol. The highest BCUT2D eigenvalue weighted by Gasteiger charge is 2.27. The highest BCUT2D eigenvalue weighted by atomic mass is 31.2. The number of likely N-dealkylation sites (N-methyl/N-ethyl adjacent to an activating group) is 1. The van der Waals surface area contributed by atoms with E-state index in [0.29, 0.717) is 17.4 Å². The maximum atomic E-state index is 12.9. The van der Waals surface area contributed by atoms with Crippen molar-refractivity contribution >= 4 is 13.7 Å². The van der Waals surface area contributed by atoms with Crippen molar-refractivity contribution in [3.8, 4) is 0 Å². The number of quaternary nitrogens is 1. The highest BCUT2D eigenvalue weighted by Crippen LogP contribution is 2.43. The lowest BCUT2D eigenvalue weighted by Crippen LogP contribution is -2.45. The van der Waals surface area contributed by atoms with E-state index in [9.17, 15) is 19.4 Å². The SMILES string of the molecule is CCCCCCCCCCC/C=C/CC/C=C/[C@@H](O)[C@H](COP(=O)(O)OCC[N+](C)(C)C)NC(=O)CCCCCCCCCCCCCCCCCCCCCCC. The van der Waals surface area contributed by atoms with Crippen LogP contribution in [0.2, 0.25) is 0 Å². The maximum Gasteiger partial charge on any atom is 0.472 e. The van der Waals surface area contributed by atoms with E-state index in [4.69, 9.17) is 9.05 Å². The van der Waals surface area contributed by atoms with Gasteiger partial charge in [0.15, 0.2) is 0 Å². The molecule has 0 radical (unpaired) electrons. The van der Waals surface area contributed by atoms with Crippen LogP contribution in [0.4, 0.5) is 0 Å². The fourth-order valence-electron chi connectivity index (χ4n) is 7.23. The molecule has 3 atom stereocenters. The lowest BCUT2D eigenvalue weighted by atomic mass is 10.0. The van der Waals surface area contributed by atoms with Crippen LogP contribution in [0.5, 0.6) is 0 Å². The second kappa shape index (κ2) is 41.3. The van der Waals surface area contributed by atoms with Crippen molar-refractivity contribution < 1.29 is 32.9 Å². The zero-order valence-electron chi connectivity index (χ0n) is 39.0. The van der Waals surface area contributed by atoms with Crippen LogP contribution in [0.3, 0.4) is 0 Å². The standard InChI is InChI=1S/C49H97N2O6P/c1-6-8-10-12-14-16-18-20-22-23-24-25-26-27-29-31-33-35-37-39-41-43-49(53)50-47(46-57-58(54,55)56-45-44-51(3,4)5)48(52)42-40-38-36-34-32-30-28-21-19-17-15-13-11-9-7-2/h32,34,40,42,47-48,52H,6-31,33,35-39,41,43-46H2,1-5H3,(H-,50,53,54,55)/p+1/b34-32+,42-40+/t47-,48+/m0/s1. The molecule has 9 heteroatoms. The molecule has 0 aromatic carbocycles. The summed E-state index contributed by atoms with van der Waals surface area (Å²) >= 11 is 0. The third-order valence-electron chi connectivity index (χ3n) is 11.2. The van der Waals surface area contributed by atoms with Crippen LogP contribution in [0, 0.1) is 0 Å². The normalized spacial score (nSPS) is 14.4. The lowest BCUT2D eigenvalue weighted by Gasteiger charge is -2.25. The fourth-order valence-corrected chi connectivity index (χ4v) is 7.97. The van der Waals surface area contributed by atoms with Crippen molar-refractivity contribution in [3.05, 3.63) is 24.3 Å². The molecule has 0 aliphatic rings. The number of unbranched alkanes of at least 4 members (excludes halogenated alkanes) is 30. The van der Waals surface area contributed by atoms with E-state index in [0.717, 1.165) is 38.5 Å².